The van der Waals surface area contributed by atoms with Gasteiger partial charge in [0.15, 0.2) is 11.5 Å². The van der Waals surface area contributed by atoms with Crippen molar-refractivity contribution in [1.82, 2.24) is 5.32 Å². The van der Waals surface area contributed by atoms with Crippen molar-refractivity contribution in [3.05, 3.63) is 87.2 Å². The molecule has 9 heteroatoms. The van der Waals surface area contributed by atoms with E-state index in [2.05, 4.69) is 5.32 Å². The van der Waals surface area contributed by atoms with Gasteiger partial charge in [-0.25, -0.2) is 14.4 Å². The number of methoxy groups -OCH3 is 3. The van der Waals surface area contributed by atoms with Crippen molar-refractivity contribution < 1.29 is 33.3 Å². The van der Waals surface area contributed by atoms with Crippen LogP contribution < -0.4 is 14.8 Å². The Balaban J connectivity index is 1.98. The topological polar surface area (TPSA) is 100 Å². The highest BCUT2D eigenvalue weighted by atomic mass is 35.5. The average molecular weight is 512 g/mol. The minimum atomic E-state index is -0.801. The lowest BCUT2D eigenvalue weighted by atomic mass is 9.80. The van der Waals surface area contributed by atoms with Gasteiger partial charge in [0.05, 0.1) is 38.4 Å². The van der Waals surface area contributed by atoms with E-state index >= 15 is 0 Å². The van der Waals surface area contributed by atoms with Crippen LogP contribution in [0.2, 0.25) is 5.02 Å². The Morgan fingerprint density at radius 1 is 0.889 bits per heavy atom. The van der Waals surface area contributed by atoms with Gasteiger partial charge < -0.3 is 24.3 Å². The van der Waals surface area contributed by atoms with Crippen molar-refractivity contribution in [1.29, 1.82) is 0 Å². The predicted molar refractivity (Wildman–Crippen MR) is 134 cm³/mol. The number of rotatable bonds is 7. The standard InChI is InChI=1S/C27H26ClNO7/c1-15-23(26(31)34-4)25(24(16(2)29-15)27(32)35-5)18-10-12-20(21(14-18)33-3)36-22(30)13-11-17-8-6-7-9-19(17)28/h6-14,25,29H,1-5H3. The molecule has 0 bridgehead atoms. The molecule has 2 aromatic carbocycles. The normalized spacial score (nSPS) is 13.9. The maximum Gasteiger partial charge on any atom is 0.336 e. The molecular formula is C27H26ClNO7. The van der Waals surface area contributed by atoms with Gasteiger partial charge in [0.25, 0.3) is 0 Å². The molecule has 0 unspecified atom stereocenters. The first-order valence-corrected chi connectivity index (χ1v) is 11.3. The molecule has 1 N–H and O–H groups in total. The summed E-state index contributed by atoms with van der Waals surface area (Å²) in [6.45, 7) is 3.44. The summed E-state index contributed by atoms with van der Waals surface area (Å²) in [5.41, 5.74) is 2.78. The molecule has 3 rings (SSSR count). The van der Waals surface area contributed by atoms with E-state index in [0.29, 0.717) is 27.5 Å². The zero-order valence-corrected chi connectivity index (χ0v) is 21.3. The van der Waals surface area contributed by atoms with Crippen LogP contribution in [0, 0.1) is 0 Å². The van der Waals surface area contributed by atoms with E-state index in [1.807, 2.05) is 0 Å². The van der Waals surface area contributed by atoms with Crippen LogP contribution in [0.1, 0.15) is 30.9 Å². The number of ether oxygens (including phenoxy) is 4. The van der Waals surface area contributed by atoms with Crippen LogP contribution in [0.25, 0.3) is 6.08 Å². The van der Waals surface area contributed by atoms with E-state index in [9.17, 15) is 14.4 Å². The summed E-state index contributed by atoms with van der Waals surface area (Å²) in [5, 5.41) is 3.55. The molecule has 1 aliphatic heterocycles. The second-order valence-electron chi connectivity index (χ2n) is 7.80. The van der Waals surface area contributed by atoms with E-state index in [1.54, 1.807) is 56.3 Å². The molecule has 1 heterocycles. The van der Waals surface area contributed by atoms with E-state index in [-0.39, 0.29) is 22.6 Å². The Kier molecular flexibility index (Phi) is 8.55. The van der Waals surface area contributed by atoms with Crippen molar-refractivity contribution >= 4 is 35.6 Å². The lowest BCUT2D eigenvalue weighted by Crippen LogP contribution is -2.32. The SMILES string of the molecule is COC(=O)C1=C(C)NC(C)=C(C(=O)OC)C1c1ccc(OC(=O)C=Cc2ccccc2Cl)c(OC)c1. The highest BCUT2D eigenvalue weighted by Gasteiger charge is 2.38. The molecule has 188 valence electrons. The second-order valence-corrected chi connectivity index (χ2v) is 8.21. The van der Waals surface area contributed by atoms with Crippen LogP contribution in [0.3, 0.4) is 0 Å². The van der Waals surface area contributed by atoms with Gasteiger partial charge in [-0.05, 0) is 49.2 Å². The highest BCUT2D eigenvalue weighted by molar-refractivity contribution is 6.32. The molecule has 0 saturated carbocycles. The number of esters is 3. The molecule has 1 aliphatic rings. The van der Waals surface area contributed by atoms with Crippen molar-refractivity contribution in [2.75, 3.05) is 21.3 Å². The summed E-state index contributed by atoms with van der Waals surface area (Å²) >= 11 is 6.12. The van der Waals surface area contributed by atoms with Gasteiger partial charge >= 0.3 is 17.9 Å². The molecule has 0 atom stereocenters. The van der Waals surface area contributed by atoms with E-state index in [0.717, 1.165) is 0 Å². The van der Waals surface area contributed by atoms with E-state index in [4.69, 9.17) is 30.5 Å². The Bertz CT molecular complexity index is 1250. The number of halogens is 1. The van der Waals surface area contributed by atoms with Crippen LogP contribution in [0.4, 0.5) is 0 Å². The molecule has 0 amide bonds. The Morgan fingerprint density at radius 2 is 1.50 bits per heavy atom. The number of hydrogen-bond donors (Lipinski definition) is 1. The van der Waals surface area contributed by atoms with E-state index in [1.165, 1.54) is 33.5 Å². The summed E-state index contributed by atoms with van der Waals surface area (Å²) in [4.78, 5) is 37.8. The molecule has 2 aromatic rings. The van der Waals surface area contributed by atoms with Crippen molar-refractivity contribution in [3.63, 3.8) is 0 Å². The second kappa shape index (κ2) is 11.6. The molecule has 0 spiro atoms. The quantitative estimate of drug-likeness (QED) is 0.328. The fourth-order valence-electron chi connectivity index (χ4n) is 3.95. The lowest BCUT2D eigenvalue weighted by Gasteiger charge is -2.30. The van der Waals surface area contributed by atoms with Gasteiger partial charge in [0.1, 0.15) is 0 Å². The van der Waals surface area contributed by atoms with Crippen molar-refractivity contribution in [2.24, 2.45) is 0 Å². The molecule has 36 heavy (non-hydrogen) atoms. The maximum absolute atomic E-state index is 12.7. The largest absolute Gasteiger partial charge is 0.493 e. The molecule has 0 radical (unpaired) electrons. The number of benzene rings is 2. The number of carbonyl (C=O) groups excluding carboxylic acids is 3. The number of dihydropyridines is 1. The maximum atomic E-state index is 12.7. The summed E-state index contributed by atoms with van der Waals surface area (Å²) in [6.07, 6.45) is 2.80. The van der Waals surface area contributed by atoms with Crippen LogP contribution in [0.15, 0.2) is 71.1 Å². The molecule has 0 fully saturated rings. The molecule has 0 aromatic heterocycles. The van der Waals surface area contributed by atoms with Gasteiger partial charge in [-0.15, -0.1) is 0 Å². The Morgan fingerprint density at radius 3 is 2.06 bits per heavy atom. The monoisotopic (exact) mass is 511 g/mol. The number of hydrogen-bond acceptors (Lipinski definition) is 8. The van der Waals surface area contributed by atoms with Crippen molar-refractivity contribution in [3.8, 4) is 11.5 Å². The van der Waals surface area contributed by atoms with Gasteiger partial charge in [-0.1, -0.05) is 35.9 Å². The third kappa shape index (κ3) is 5.60. The zero-order chi connectivity index (χ0) is 26.4. The summed E-state index contributed by atoms with van der Waals surface area (Å²) < 4.78 is 20.9. The first-order valence-electron chi connectivity index (χ1n) is 10.9. The van der Waals surface area contributed by atoms with E-state index < -0.39 is 23.8 Å². The third-order valence-corrected chi connectivity index (χ3v) is 5.95. The predicted octanol–water partition coefficient (Wildman–Crippen LogP) is 4.55. The minimum absolute atomic E-state index is 0.157. The van der Waals surface area contributed by atoms with Crippen LogP contribution >= 0.6 is 11.6 Å². The summed E-state index contributed by atoms with van der Waals surface area (Å²) in [7, 11) is 3.95. The first-order chi connectivity index (χ1) is 17.2. The van der Waals surface area contributed by atoms with Crippen LogP contribution in [-0.4, -0.2) is 39.2 Å². The molecule has 0 saturated heterocycles. The highest BCUT2D eigenvalue weighted by Crippen LogP contribution is 2.42. The lowest BCUT2D eigenvalue weighted by molar-refractivity contribution is -0.137. The molecule has 8 nitrogen and oxygen atoms in total. The van der Waals surface area contributed by atoms with Crippen molar-refractivity contribution in [2.45, 2.75) is 19.8 Å². The summed E-state index contributed by atoms with van der Waals surface area (Å²) in [5.74, 6) is -2.25. The third-order valence-electron chi connectivity index (χ3n) is 5.61. The average Bonchev–Trinajstić information content (AvgIpc) is 2.87. The fraction of sp³-hybridized carbons (Fsp3) is 0.222. The van der Waals surface area contributed by atoms with Gasteiger partial charge in [0, 0.05) is 22.5 Å². The Hall–Kier alpha value is -4.04. The van der Waals surface area contributed by atoms with Crippen LogP contribution in [-0.2, 0) is 23.9 Å². The number of carbonyl (C=O) groups is 3. The molecular weight excluding hydrogens is 486 g/mol. The number of allylic oxidation sites excluding steroid dienone is 2. The van der Waals surface area contributed by atoms with Crippen LogP contribution in [0.5, 0.6) is 11.5 Å². The summed E-state index contributed by atoms with van der Waals surface area (Å²) in [6, 6.07) is 11.9. The van der Waals surface area contributed by atoms with Gasteiger partial charge in [-0.3, -0.25) is 0 Å². The van der Waals surface area contributed by atoms with Gasteiger partial charge in [0.2, 0.25) is 0 Å². The number of nitrogens with one attached hydrogen (secondary N) is 1. The fourth-order valence-corrected chi connectivity index (χ4v) is 4.15. The smallest absolute Gasteiger partial charge is 0.336 e. The van der Waals surface area contributed by atoms with Gasteiger partial charge in [-0.2, -0.15) is 0 Å². The zero-order valence-electron chi connectivity index (χ0n) is 20.5. The Labute approximate surface area is 214 Å². The molecule has 0 aliphatic carbocycles. The first kappa shape index (κ1) is 26.6. The minimum Gasteiger partial charge on any atom is -0.493 e.